The van der Waals surface area contributed by atoms with Crippen LogP contribution in [0, 0.1) is 0 Å². The zero-order valence-electron chi connectivity index (χ0n) is 11.3. The molecule has 1 aromatic rings. The van der Waals surface area contributed by atoms with E-state index in [2.05, 4.69) is 15.0 Å². The Morgan fingerprint density at radius 3 is 2.95 bits per heavy atom. The molecule has 2 heterocycles. The minimum Gasteiger partial charge on any atom is -0.409 e. The van der Waals surface area contributed by atoms with Crippen molar-refractivity contribution in [3.8, 4) is 0 Å². The lowest BCUT2D eigenvalue weighted by molar-refractivity contribution is 0.318. The van der Waals surface area contributed by atoms with Crippen LogP contribution in [0.2, 0.25) is 0 Å². The maximum atomic E-state index is 8.81. The van der Waals surface area contributed by atoms with Crippen molar-refractivity contribution < 1.29 is 5.21 Å². The van der Waals surface area contributed by atoms with E-state index in [1.165, 1.54) is 25.9 Å². The molecule has 0 aromatic carbocycles. The van der Waals surface area contributed by atoms with Crippen molar-refractivity contribution >= 4 is 11.7 Å². The van der Waals surface area contributed by atoms with E-state index in [0.717, 1.165) is 18.9 Å². The van der Waals surface area contributed by atoms with Crippen LogP contribution in [0.15, 0.2) is 23.5 Å². The lowest BCUT2D eigenvalue weighted by atomic mass is 10.2. The molecule has 0 unspecified atom stereocenters. The van der Waals surface area contributed by atoms with Gasteiger partial charge >= 0.3 is 0 Å². The van der Waals surface area contributed by atoms with Gasteiger partial charge in [-0.05, 0) is 38.1 Å². The van der Waals surface area contributed by atoms with Gasteiger partial charge in [-0.3, -0.25) is 0 Å². The third-order valence-corrected chi connectivity index (χ3v) is 3.48. The number of amidine groups is 1. The Bertz CT molecular complexity index is 442. The normalized spacial score (nSPS) is 16.8. The summed E-state index contributed by atoms with van der Waals surface area (Å²) >= 11 is 0. The number of anilines is 1. The van der Waals surface area contributed by atoms with Crippen LogP contribution in [0.3, 0.4) is 0 Å². The third-order valence-electron chi connectivity index (χ3n) is 3.48. The second-order valence-electron chi connectivity index (χ2n) is 4.83. The summed E-state index contributed by atoms with van der Waals surface area (Å²) in [5.41, 5.74) is 6.34. The summed E-state index contributed by atoms with van der Waals surface area (Å²) in [4.78, 5) is 8.82. The Morgan fingerprint density at radius 1 is 1.53 bits per heavy atom. The first-order valence-corrected chi connectivity index (χ1v) is 6.59. The molecule has 0 amide bonds. The number of oxime groups is 1. The fraction of sp³-hybridized carbons (Fsp3) is 0.538. The van der Waals surface area contributed by atoms with Crippen molar-refractivity contribution in [2.24, 2.45) is 10.9 Å². The second-order valence-corrected chi connectivity index (χ2v) is 4.83. The molecule has 1 aliphatic rings. The average Bonchev–Trinajstić information content (AvgIpc) is 2.97. The van der Waals surface area contributed by atoms with Crippen LogP contribution in [0.1, 0.15) is 18.4 Å². The number of hydrogen-bond donors (Lipinski definition) is 2. The molecule has 6 nitrogen and oxygen atoms in total. The highest BCUT2D eigenvalue weighted by Gasteiger charge is 2.15. The molecule has 0 radical (unpaired) electrons. The highest BCUT2D eigenvalue weighted by molar-refractivity contribution is 6.01. The smallest absolute Gasteiger partial charge is 0.173 e. The molecule has 2 rings (SSSR count). The van der Waals surface area contributed by atoms with E-state index in [9.17, 15) is 0 Å². The monoisotopic (exact) mass is 263 g/mol. The van der Waals surface area contributed by atoms with Gasteiger partial charge in [0.15, 0.2) is 5.84 Å². The molecule has 19 heavy (non-hydrogen) atoms. The molecular formula is C13H21N5O. The minimum absolute atomic E-state index is 0.0936. The van der Waals surface area contributed by atoms with Crippen LogP contribution in [0.4, 0.5) is 5.82 Å². The minimum atomic E-state index is 0.0936. The van der Waals surface area contributed by atoms with E-state index in [0.29, 0.717) is 5.56 Å². The Kier molecular flexibility index (Phi) is 4.57. The molecule has 6 heteroatoms. The van der Waals surface area contributed by atoms with Gasteiger partial charge in [-0.25, -0.2) is 4.98 Å². The topological polar surface area (TPSA) is 78.0 Å². The second kappa shape index (κ2) is 6.38. The van der Waals surface area contributed by atoms with Crippen molar-refractivity contribution in [3.63, 3.8) is 0 Å². The van der Waals surface area contributed by atoms with Gasteiger partial charge in [0.05, 0.1) is 5.56 Å². The first kappa shape index (κ1) is 13.6. The Balaban J connectivity index is 2.03. The summed E-state index contributed by atoms with van der Waals surface area (Å²) in [6.45, 7) is 4.26. The maximum Gasteiger partial charge on any atom is 0.173 e. The fourth-order valence-electron chi connectivity index (χ4n) is 2.36. The molecule has 1 aromatic heterocycles. The zero-order valence-corrected chi connectivity index (χ0v) is 11.3. The molecule has 3 N–H and O–H groups in total. The van der Waals surface area contributed by atoms with Gasteiger partial charge in [-0.1, -0.05) is 5.16 Å². The molecular weight excluding hydrogens is 242 g/mol. The molecule has 0 aliphatic carbocycles. The molecule has 1 saturated heterocycles. The van der Waals surface area contributed by atoms with Crippen molar-refractivity contribution in [1.29, 1.82) is 0 Å². The average molecular weight is 263 g/mol. The van der Waals surface area contributed by atoms with E-state index in [4.69, 9.17) is 10.9 Å². The van der Waals surface area contributed by atoms with E-state index >= 15 is 0 Å². The van der Waals surface area contributed by atoms with E-state index in [-0.39, 0.29) is 5.84 Å². The van der Waals surface area contributed by atoms with Crippen molar-refractivity contribution in [1.82, 2.24) is 9.88 Å². The fourth-order valence-corrected chi connectivity index (χ4v) is 2.36. The predicted molar refractivity (Wildman–Crippen MR) is 75.7 cm³/mol. The summed E-state index contributed by atoms with van der Waals surface area (Å²) < 4.78 is 0. The van der Waals surface area contributed by atoms with Crippen molar-refractivity contribution in [2.45, 2.75) is 12.8 Å². The van der Waals surface area contributed by atoms with Gasteiger partial charge in [0.1, 0.15) is 5.82 Å². The lowest BCUT2D eigenvalue weighted by Crippen LogP contribution is -2.33. The number of aromatic nitrogens is 1. The number of rotatable bonds is 5. The van der Waals surface area contributed by atoms with Gasteiger partial charge in [0.25, 0.3) is 0 Å². The van der Waals surface area contributed by atoms with Gasteiger partial charge in [-0.15, -0.1) is 0 Å². The number of likely N-dealkylation sites (tertiary alicyclic amines) is 1. The largest absolute Gasteiger partial charge is 0.409 e. The number of nitrogens with two attached hydrogens (primary N) is 1. The van der Waals surface area contributed by atoms with E-state index in [1.54, 1.807) is 12.3 Å². The molecule has 1 aliphatic heterocycles. The van der Waals surface area contributed by atoms with Gasteiger partial charge in [0.2, 0.25) is 0 Å². The van der Waals surface area contributed by atoms with Gasteiger partial charge in [-0.2, -0.15) is 0 Å². The number of likely N-dealkylation sites (N-methyl/N-ethyl adjacent to an activating group) is 1. The van der Waals surface area contributed by atoms with Gasteiger partial charge < -0.3 is 20.7 Å². The van der Waals surface area contributed by atoms with Crippen LogP contribution in [0.25, 0.3) is 0 Å². The first-order valence-electron chi connectivity index (χ1n) is 6.59. The van der Waals surface area contributed by atoms with Crippen LogP contribution in [-0.4, -0.2) is 54.2 Å². The number of hydrogen-bond acceptors (Lipinski definition) is 5. The third kappa shape index (κ3) is 3.35. The Morgan fingerprint density at radius 2 is 2.26 bits per heavy atom. The summed E-state index contributed by atoms with van der Waals surface area (Å²) in [7, 11) is 1.98. The summed E-state index contributed by atoms with van der Waals surface area (Å²) in [5.74, 6) is 0.841. The van der Waals surface area contributed by atoms with Crippen molar-refractivity contribution in [3.05, 3.63) is 23.9 Å². The van der Waals surface area contributed by atoms with Crippen LogP contribution >= 0.6 is 0 Å². The first-order chi connectivity index (χ1) is 9.22. The molecule has 0 bridgehead atoms. The van der Waals surface area contributed by atoms with E-state index < -0.39 is 0 Å². The maximum absolute atomic E-state index is 8.81. The lowest BCUT2D eigenvalue weighted by Gasteiger charge is -2.23. The quantitative estimate of drug-likeness (QED) is 0.354. The molecule has 1 fully saturated rings. The number of pyridine rings is 1. The summed E-state index contributed by atoms with van der Waals surface area (Å²) in [6.07, 6.45) is 4.31. The molecule has 0 spiro atoms. The van der Waals surface area contributed by atoms with Crippen LogP contribution in [-0.2, 0) is 0 Å². The standard InChI is InChI=1S/C13H21N5O/c1-17(9-10-18-7-2-3-8-18)13-11(12(14)16-19)5-4-6-15-13/h4-6,19H,2-3,7-10H2,1H3,(H2,14,16). The van der Waals surface area contributed by atoms with E-state index in [1.807, 2.05) is 18.0 Å². The molecule has 0 saturated carbocycles. The van der Waals surface area contributed by atoms with Crippen LogP contribution in [0.5, 0.6) is 0 Å². The molecule has 104 valence electrons. The Labute approximate surface area is 113 Å². The SMILES string of the molecule is CN(CCN1CCCC1)c1ncccc1/C(N)=N/O. The van der Waals surface area contributed by atoms with Gasteiger partial charge in [0, 0.05) is 26.3 Å². The van der Waals surface area contributed by atoms with Crippen LogP contribution < -0.4 is 10.6 Å². The highest BCUT2D eigenvalue weighted by Crippen LogP contribution is 2.16. The zero-order chi connectivity index (χ0) is 13.7. The molecule has 0 atom stereocenters. The Hall–Kier alpha value is -1.82. The predicted octanol–water partition coefficient (Wildman–Crippen LogP) is 0.708. The number of nitrogens with zero attached hydrogens (tertiary/aromatic N) is 4. The van der Waals surface area contributed by atoms with Crippen molar-refractivity contribution in [2.75, 3.05) is 38.1 Å². The highest BCUT2D eigenvalue weighted by atomic mass is 16.4. The summed E-state index contributed by atoms with van der Waals surface area (Å²) in [6, 6.07) is 3.59. The summed E-state index contributed by atoms with van der Waals surface area (Å²) in [5, 5.41) is 11.9.